The first-order valence-electron chi connectivity index (χ1n) is 13.4. The lowest BCUT2D eigenvalue weighted by molar-refractivity contribution is -0.135. The SMILES string of the molecule is CCCC[P+](CCCC)(CCCC)C(C(=O)O)[P+](CCCC)(CCCC)CCCC. The van der Waals surface area contributed by atoms with Crippen molar-refractivity contribution in [3.8, 4) is 0 Å². The molecule has 0 rings (SSSR count). The first kappa shape index (κ1) is 30.3. The van der Waals surface area contributed by atoms with E-state index in [1.54, 1.807) is 0 Å². The Labute approximate surface area is 191 Å². The predicted octanol–water partition coefficient (Wildman–Crippen LogP) is 9.23. The predicted molar refractivity (Wildman–Crippen MR) is 144 cm³/mol. The maximum absolute atomic E-state index is 13.2. The van der Waals surface area contributed by atoms with E-state index in [9.17, 15) is 9.90 Å². The minimum atomic E-state index is -1.50. The summed E-state index contributed by atoms with van der Waals surface area (Å²) in [5, 5.41) is 10.9. The largest absolute Gasteiger partial charge is 0.475 e. The lowest BCUT2D eigenvalue weighted by Gasteiger charge is -2.40. The summed E-state index contributed by atoms with van der Waals surface area (Å²) in [6, 6.07) is 0. The summed E-state index contributed by atoms with van der Waals surface area (Å²) in [5.74, 6) is -0.386. The van der Waals surface area contributed by atoms with E-state index in [2.05, 4.69) is 41.5 Å². The van der Waals surface area contributed by atoms with Crippen molar-refractivity contribution in [2.24, 2.45) is 0 Å². The van der Waals surface area contributed by atoms with Gasteiger partial charge in [0.2, 0.25) is 0 Å². The monoisotopic (exact) mass is 462 g/mol. The molecular formula is C26H56O2P2+2. The molecule has 4 heteroatoms. The van der Waals surface area contributed by atoms with Gasteiger partial charge in [0.25, 0.3) is 5.40 Å². The van der Waals surface area contributed by atoms with E-state index in [0.29, 0.717) is 0 Å². The van der Waals surface area contributed by atoms with Gasteiger partial charge in [-0.1, -0.05) is 80.1 Å². The van der Waals surface area contributed by atoms with Crippen LogP contribution < -0.4 is 0 Å². The van der Waals surface area contributed by atoms with Crippen LogP contribution in [0.3, 0.4) is 0 Å². The topological polar surface area (TPSA) is 37.3 Å². The number of carbonyl (C=O) groups is 1. The Morgan fingerprint density at radius 3 is 0.867 bits per heavy atom. The van der Waals surface area contributed by atoms with Crippen molar-refractivity contribution in [2.45, 2.75) is 124 Å². The third-order valence-corrected chi connectivity index (χ3v) is 19.7. The van der Waals surface area contributed by atoms with Crippen molar-refractivity contribution in [1.29, 1.82) is 0 Å². The van der Waals surface area contributed by atoms with Crippen LogP contribution in [0.1, 0.15) is 119 Å². The van der Waals surface area contributed by atoms with Crippen LogP contribution in [-0.4, -0.2) is 53.4 Å². The lowest BCUT2D eigenvalue weighted by Crippen LogP contribution is -2.35. The van der Waals surface area contributed by atoms with Gasteiger partial charge in [0.1, 0.15) is 0 Å². The van der Waals surface area contributed by atoms with Crippen LogP contribution >= 0.6 is 14.5 Å². The van der Waals surface area contributed by atoms with E-state index in [1.165, 1.54) is 114 Å². The van der Waals surface area contributed by atoms with Crippen LogP contribution in [0.4, 0.5) is 0 Å². The summed E-state index contributed by atoms with van der Waals surface area (Å²) in [6.45, 7) is 13.7. The van der Waals surface area contributed by atoms with E-state index < -0.39 is 14.5 Å². The molecule has 0 aromatic rings. The van der Waals surface area contributed by atoms with Crippen molar-refractivity contribution in [2.75, 3.05) is 37.0 Å². The third kappa shape index (κ3) is 9.86. The Morgan fingerprint density at radius 1 is 0.533 bits per heavy atom. The molecule has 0 aliphatic carbocycles. The average molecular weight is 463 g/mol. The Bertz CT molecular complexity index is 350. The van der Waals surface area contributed by atoms with Gasteiger partial charge in [-0.15, -0.1) is 0 Å². The Hall–Kier alpha value is 0.330. The maximum Gasteiger partial charge on any atom is 0.383 e. The van der Waals surface area contributed by atoms with E-state index in [4.69, 9.17) is 0 Å². The number of carboxylic acid groups (broad SMARTS) is 1. The smallest absolute Gasteiger partial charge is 0.383 e. The minimum Gasteiger partial charge on any atom is -0.475 e. The Morgan fingerprint density at radius 2 is 0.733 bits per heavy atom. The molecule has 1 N–H and O–H groups in total. The van der Waals surface area contributed by atoms with E-state index in [0.717, 1.165) is 0 Å². The van der Waals surface area contributed by atoms with Crippen molar-refractivity contribution in [3.63, 3.8) is 0 Å². The number of hydrogen-bond acceptors (Lipinski definition) is 1. The molecule has 0 heterocycles. The molecule has 0 aliphatic rings. The molecule has 0 fully saturated rings. The fourth-order valence-electron chi connectivity index (χ4n) is 5.23. The number of unbranched alkanes of at least 4 members (excludes halogenated alkanes) is 6. The van der Waals surface area contributed by atoms with Gasteiger partial charge in [0, 0.05) is 0 Å². The summed E-state index contributed by atoms with van der Waals surface area (Å²) < 4.78 is 0. The minimum absolute atomic E-state index is 0.0410. The molecule has 0 amide bonds. The fourth-order valence-corrected chi connectivity index (χ4v) is 20.9. The van der Waals surface area contributed by atoms with Crippen LogP contribution in [0.5, 0.6) is 0 Å². The van der Waals surface area contributed by atoms with Crippen LogP contribution in [0.15, 0.2) is 0 Å². The van der Waals surface area contributed by atoms with Gasteiger partial charge in [0.05, 0.1) is 51.5 Å². The van der Waals surface area contributed by atoms with Crippen molar-refractivity contribution >= 4 is 20.5 Å². The van der Waals surface area contributed by atoms with Crippen molar-refractivity contribution in [3.05, 3.63) is 0 Å². The second-order valence-electron chi connectivity index (χ2n) is 9.61. The summed E-state index contributed by atoms with van der Waals surface area (Å²) >= 11 is 0. The zero-order chi connectivity index (χ0) is 22.9. The van der Waals surface area contributed by atoms with Gasteiger partial charge in [-0.05, 0) is 38.5 Å². The van der Waals surface area contributed by atoms with Crippen LogP contribution in [0.25, 0.3) is 0 Å². The van der Waals surface area contributed by atoms with E-state index in [-0.39, 0.29) is 11.4 Å². The second-order valence-corrected chi connectivity index (χ2v) is 18.6. The molecule has 0 atom stereocenters. The third-order valence-electron chi connectivity index (χ3n) is 7.00. The molecule has 30 heavy (non-hydrogen) atoms. The summed E-state index contributed by atoms with van der Waals surface area (Å²) in [5.41, 5.74) is 0. The zero-order valence-electron chi connectivity index (χ0n) is 21.6. The van der Waals surface area contributed by atoms with Crippen LogP contribution in [-0.2, 0) is 4.79 Å². The van der Waals surface area contributed by atoms with Gasteiger partial charge < -0.3 is 5.11 Å². The lowest BCUT2D eigenvalue weighted by atomic mass is 10.4. The second kappa shape index (κ2) is 17.8. The highest BCUT2D eigenvalue weighted by atomic mass is 31.2. The Balaban J connectivity index is 6.50. The van der Waals surface area contributed by atoms with Gasteiger partial charge in [-0.2, -0.15) is 0 Å². The average Bonchev–Trinajstić information content (AvgIpc) is 2.74. The number of rotatable bonds is 21. The molecule has 0 spiro atoms. The molecule has 0 aliphatic heterocycles. The van der Waals surface area contributed by atoms with Gasteiger partial charge in [-0.3, -0.25) is 0 Å². The summed E-state index contributed by atoms with van der Waals surface area (Å²) in [7, 11) is -3.01. The summed E-state index contributed by atoms with van der Waals surface area (Å²) in [4.78, 5) is 13.2. The highest BCUT2D eigenvalue weighted by Gasteiger charge is 2.63. The normalized spacial score (nSPS) is 12.6. The zero-order valence-corrected chi connectivity index (χ0v) is 23.3. The van der Waals surface area contributed by atoms with Crippen LogP contribution in [0.2, 0.25) is 0 Å². The summed E-state index contributed by atoms with van der Waals surface area (Å²) in [6.07, 6.45) is 22.1. The molecule has 0 saturated heterocycles. The molecule has 0 bridgehead atoms. The van der Waals surface area contributed by atoms with Gasteiger partial charge >= 0.3 is 5.97 Å². The highest BCUT2D eigenvalue weighted by Crippen LogP contribution is 2.81. The molecule has 0 saturated carbocycles. The first-order valence-corrected chi connectivity index (χ1v) is 18.2. The Kier molecular flexibility index (Phi) is 18.0. The molecule has 0 aromatic carbocycles. The van der Waals surface area contributed by atoms with E-state index >= 15 is 0 Å². The van der Waals surface area contributed by atoms with Crippen LogP contribution in [0, 0.1) is 0 Å². The molecular weight excluding hydrogens is 406 g/mol. The van der Waals surface area contributed by atoms with Crippen molar-refractivity contribution < 1.29 is 9.90 Å². The number of aliphatic carboxylic acids is 1. The first-order chi connectivity index (χ1) is 14.4. The molecule has 180 valence electrons. The maximum atomic E-state index is 13.2. The van der Waals surface area contributed by atoms with E-state index in [1.807, 2.05) is 0 Å². The molecule has 0 radical (unpaired) electrons. The van der Waals surface area contributed by atoms with Crippen molar-refractivity contribution in [1.82, 2.24) is 0 Å². The molecule has 0 aromatic heterocycles. The molecule has 0 unspecified atom stereocenters. The quantitative estimate of drug-likeness (QED) is 0.173. The van der Waals surface area contributed by atoms with Gasteiger partial charge in [-0.25, -0.2) is 4.79 Å². The number of hydrogen-bond donors (Lipinski definition) is 1. The van der Waals surface area contributed by atoms with Gasteiger partial charge in [0.15, 0.2) is 0 Å². The highest BCUT2D eigenvalue weighted by molar-refractivity contribution is 7.94. The molecule has 2 nitrogen and oxygen atoms in total. The fraction of sp³-hybridized carbons (Fsp3) is 0.962. The standard InChI is InChI=1S/C26H55O2P2/c1-7-13-19-29(20-14-8-2,21-15-9-3)26(25(27)28)30(22-16-10-4,23-17-11-5)24-18-12-6/h26H,7-24H2,1-6H3/q+1/p+1. The number of carboxylic acids is 1.